The molecule has 0 saturated carbocycles. The van der Waals surface area contributed by atoms with Crippen molar-refractivity contribution in [2.45, 2.75) is 6.92 Å². The van der Waals surface area contributed by atoms with Gasteiger partial charge in [-0.2, -0.15) is 0 Å². The number of benzene rings is 1. The first kappa shape index (κ1) is 15.5. The Balaban J connectivity index is 2.21. The number of nitrogens with one attached hydrogen (secondary N) is 1. The fourth-order valence-corrected chi connectivity index (χ4v) is 3.10. The van der Waals surface area contributed by atoms with Crippen LogP contribution in [0.2, 0.25) is 5.02 Å². The van der Waals surface area contributed by atoms with Crippen molar-refractivity contribution in [3.63, 3.8) is 0 Å². The van der Waals surface area contributed by atoms with Crippen molar-refractivity contribution >= 4 is 44.7 Å². The van der Waals surface area contributed by atoms with Crippen LogP contribution in [0.15, 0.2) is 29.2 Å². The second-order valence-corrected chi connectivity index (χ2v) is 6.65. The van der Waals surface area contributed by atoms with Gasteiger partial charge in [0.1, 0.15) is 5.56 Å². The average molecular weight is 350 g/mol. The van der Waals surface area contributed by atoms with E-state index in [-0.39, 0.29) is 5.56 Å². The van der Waals surface area contributed by atoms with Crippen LogP contribution in [0.25, 0.3) is 10.8 Å². The van der Waals surface area contributed by atoms with E-state index < -0.39 is 17.3 Å². The Kier molecular flexibility index (Phi) is 3.83. The van der Waals surface area contributed by atoms with Gasteiger partial charge in [-0.25, -0.2) is 4.98 Å². The summed E-state index contributed by atoms with van der Waals surface area (Å²) in [5, 5.41) is 14.3. The van der Waals surface area contributed by atoms with Crippen molar-refractivity contribution in [2.24, 2.45) is 7.05 Å². The molecule has 0 saturated heterocycles. The van der Waals surface area contributed by atoms with Crippen LogP contribution in [-0.4, -0.2) is 20.6 Å². The number of halogens is 1. The number of aryl methyl sites for hydroxylation is 1. The van der Waals surface area contributed by atoms with Crippen molar-refractivity contribution in [1.29, 1.82) is 0 Å². The van der Waals surface area contributed by atoms with Crippen LogP contribution in [0.5, 0.6) is 5.88 Å². The quantitative estimate of drug-likeness (QED) is 0.745. The third-order valence-electron chi connectivity index (χ3n) is 3.40. The standard InChI is InChI=1S/C15H12ClN3O3S/c1-7-6-17-15(23-7)18-12(20)11-10-5-8(16)3-4-9(10)13(21)19(2)14(11)22/h3-6,22H,1-2H3,(H,17,18,20). The number of amides is 1. The summed E-state index contributed by atoms with van der Waals surface area (Å²) >= 11 is 7.28. The minimum atomic E-state index is -0.556. The largest absolute Gasteiger partial charge is 0.494 e. The van der Waals surface area contributed by atoms with Gasteiger partial charge in [-0.15, -0.1) is 11.3 Å². The maximum Gasteiger partial charge on any atom is 0.263 e. The number of thiazole rings is 1. The minimum absolute atomic E-state index is 0.0162. The van der Waals surface area contributed by atoms with Gasteiger partial charge in [0.15, 0.2) is 5.13 Å². The molecule has 0 unspecified atom stereocenters. The predicted octanol–water partition coefficient (Wildman–Crippen LogP) is 2.91. The molecule has 0 radical (unpaired) electrons. The molecule has 6 nitrogen and oxygen atoms in total. The molecule has 8 heteroatoms. The van der Waals surface area contributed by atoms with E-state index in [2.05, 4.69) is 10.3 Å². The molecule has 0 aliphatic rings. The third-order valence-corrected chi connectivity index (χ3v) is 4.46. The molecule has 3 rings (SSSR count). The SMILES string of the molecule is Cc1cnc(NC(=O)c2c(O)n(C)c(=O)c3ccc(Cl)cc23)s1. The van der Waals surface area contributed by atoms with Gasteiger partial charge in [-0.05, 0) is 25.1 Å². The maximum atomic E-state index is 12.6. The van der Waals surface area contributed by atoms with Crippen LogP contribution >= 0.6 is 22.9 Å². The molecule has 2 N–H and O–H groups in total. The molecule has 0 atom stereocenters. The lowest BCUT2D eigenvalue weighted by Crippen LogP contribution is -2.22. The molecule has 2 aromatic heterocycles. The number of carbonyl (C=O) groups is 1. The Morgan fingerprint density at radius 1 is 1.39 bits per heavy atom. The van der Waals surface area contributed by atoms with Crippen LogP contribution in [0, 0.1) is 6.92 Å². The highest BCUT2D eigenvalue weighted by atomic mass is 35.5. The van der Waals surface area contributed by atoms with Crippen molar-refractivity contribution < 1.29 is 9.90 Å². The highest BCUT2D eigenvalue weighted by Crippen LogP contribution is 2.28. The summed E-state index contributed by atoms with van der Waals surface area (Å²) in [7, 11) is 1.40. The number of rotatable bonds is 2. The van der Waals surface area contributed by atoms with Gasteiger partial charge in [0.25, 0.3) is 11.5 Å². The summed E-state index contributed by atoms with van der Waals surface area (Å²) < 4.78 is 1.03. The fourth-order valence-electron chi connectivity index (χ4n) is 2.27. The maximum absolute atomic E-state index is 12.6. The van der Waals surface area contributed by atoms with E-state index in [1.807, 2.05) is 6.92 Å². The molecular formula is C15H12ClN3O3S. The van der Waals surface area contributed by atoms with E-state index in [0.29, 0.717) is 20.9 Å². The lowest BCUT2D eigenvalue weighted by molar-refractivity contribution is 0.102. The van der Waals surface area contributed by atoms with Gasteiger partial charge in [0, 0.05) is 33.9 Å². The van der Waals surface area contributed by atoms with E-state index in [1.54, 1.807) is 12.3 Å². The van der Waals surface area contributed by atoms with Crippen LogP contribution in [-0.2, 0) is 7.05 Å². The smallest absolute Gasteiger partial charge is 0.263 e. The molecule has 1 aromatic carbocycles. The minimum Gasteiger partial charge on any atom is -0.494 e. The van der Waals surface area contributed by atoms with Crippen LogP contribution in [0.1, 0.15) is 15.2 Å². The fraction of sp³-hybridized carbons (Fsp3) is 0.133. The highest BCUT2D eigenvalue weighted by Gasteiger charge is 2.21. The number of aromatic hydroxyl groups is 1. The van der Waals surface area contributed by atoms with Crippen LogP contribution < -0.4 is 10.9 Å². The summed E-state index contributed by atoms with van der Waals surface area (Å²) in [4.78, 5) is 29.8. The average Bonchev–Trinajstić information content (AvgIpc) is 2.90. The third kappa shape index (κ3) is 2.69. The van der Waals surface area contributed by atoms with Gasteiger partial charge in [-0.3, -0.25) is 19.5 Å². The van der Waals surface area contributed by atoms with Gasteiger partial charge in [-0.1, -0.05) is 11.6 Å². The molecule has 0 bridgehead atoms. The second kappa shape index (κ2) is 5.68. The second-order valence-electron chi connectivity index (χ2n) is 4.98. The first-order valence-electron chi connectivity index (χ1n) is 6.63. The summed E-state index contributed by atoms with van der Waals surface area (Å²) in [6.07, 6.45) is 1.63. The summed E-state index contributed by atoms with van der Waals surface area (Å²) in [5.74, 6) is -0.977. The zero-order valence-corrected chi connectivity index (χ0v) is 13.8. The molecular weight excluding hydrogens is 338 g/mol. The molecule has 118 valence electrons. The monoisotopic (exact) mass is 349 g/mol. The number of hydrogen-bond donors (Lipinski definition) is 2. The Hall–Kier alpha value is -2.38. The van der Waals surface area contributed by atoms with Crippen molar-refractivity contribution in [3.8, 4) is 5.88 Å². The Bertz CT molecular complexity index is 994. The topological polar surface area (TPSA) is 84.2 Å². The number of fused-ring (bicyclic) bond motifs is 1. The van der Waals surface area contributed by atoms with Gasteiger partial charge in [0.05, 0.1) is 0 Å². The van der Waals surface area contributed by atoms with Crippen molar-refractivity contribution in [1.82, 2.24) is 9.55 Å². The van der Waals surface area contributed by atoms with Crippen molar-refractivity contribution in [3.05, 3.63) is 50.2 Å². The number of aromatic nitrogens is 2. The normalized spacial score (nSPS) is 10.9. The number of nitrogens with zero attached hydrogens (tertiary/aromatic N) is 2. The van der Waals surface area contributed by atoms with Gasteiger partial charge in [0.2, 0.25) is 5.88 Å². The van der Waals surface area contributed by atoms with E-state index in [1.165, 1.54) is 30.5 Å². The number of anilines is 1. The molecule has 2 heterocycles. The Morgan fingerprint density at radius 3 is 2.78 bits per heavy atom. The molecule has 0 aliphatic carbocycles. The van der Waals surface area contributed by atoms with Gasteiger partial charge < -0.3 is 5.11 Å². The zero-order chi connectivity index (χ0) is 16.7. The number of hydrogen-bond acceptors (Lipinski definition) is 5. The van der Waals surface area contributed by atoms with E-state index in [9.17, 15) is 14.7 Å². The molecule has 0 fully saturated rings. The van der Waals surface area contributed by atoms with Gasteiger partial charge >= 0.3 is 0 Å². The van der Waals surface area contributed by atoms with E-state index >= 15 is 0 Å². The van der Waals surface area contributed by atoms with E-state index in [4.69, 9.17) is 11.6 Å². The Labute approximate surface area is 140 Å². The molecule has 0 aliphatic heterocycles. The lowest BCUT2D eigenvalue weighted by atomic mass is 10.1. The zero-order valence-electron chi connectivity index (χ0n) is 12.3. The molecule has 1 amide bonds. The summed E-state index contributed by atoms with van der Waals surface area (Å²) in [5.41, 5.74) is -0.423. The predicted molar refractivity (Wildman–Crippen MR) is 90.7 cm³/mol. The summed E-state index contributed by atoms with van der Waals surface area (Å²) in [6.45, 7) is 1.87. The Morgan fingerprint density at radius 2 is 2.13 bits per heavy atom. The number of pyridine rings is 1. The summed E-state index contributed by atoms with van der Waals surface area (Å²) in [6, 6.07) is 4.58. The van der Waals surface area contributed by atoms with Crippen LogP contribution in [0.3, 0.4) is 0 Å². The molecule has 3 aromatic rings. The first-order chi connectivity index (χ1) is 10.9. The molecule has 23 heavy (non-hydrogen) atoms. The highest BCUT2D eigenvalue weighted by molar-refractivity contribution is 7.15. The number of carbonyl (C=O) groups excluding carboxylic acids is 1. The van der Waals surface area contributed by atoms with Crippen LogP contribution in [0.4, 0.5) is 5.13 Å². The molecule has 0 spiro atoms. The first-order valence-corrected chi connectivity index (χ1v) is 7.83. The lowest BCUT2D eigenvalue weighted by Gasteiger charge is -2.12. The van der Waals surface area contributed by atoms with Crippen molar-refractivity contribution in [2.75, 3.05) is 5.32 Å². The van der Waals surface area contributed by atoms with E-state index in [0.717, 1.165) is 9.44 Å².